The van der Waals surface area contributed by atoms with Crippen molar-refractivity contribution in [2.75, 3.05) is 7.11 Å². The first-order chi connectivity index (χ1) is 12.1. The van der Waals surface area contributed by atoms with E-state index >= 15 is 0 Å². The molecule has 1 heterocycles. The number of hydrogen-bond acceptors (Lipinski definition) is 5. The third-order valence-corrected chi connectivity index (χ3v) is 4.59. The molecule has 0 bridgehead atoms. The Labute approximate surface area is 149 Å². The van der Waals surface area contributed by atoms with Crippen LogP contribution < -0.4 is 0 Å². The molecular formula is C19H15NO4S. The number of benzene rings is 2. The molecule has 0 aromatic heterocycles. The molecule has 3 rings (SSSR count). The van der Waals surface area contributed by atoms with E-state index in [0.29, 0.717) is 10.5 Å². The molecule has 0 saturated carbocycles. The summed E-state index contributed by atoms with van der Waals surface area (Å²) in [6, 6.07) is 16.0. The number of hydrogen-bond donors (Lipinski definition) is 0. The van der Waals surface area contributed by atoms with E-state index in [0.717, 1.165) is 22.9 Å². The summed E-state index contributed by atoms with van der Waals surface area (Å²) in [7, 11) is 1.32. The molecule has 1 aliphatic rings. The Balaban J connectivity index is 1.77. The van der Waals surface area contributed by atoms with E-state index in [1.54, 1.807) is 30.3 Å². The van der Waals surface area contributed by atoms with Gasteiger partial charge in [0.05, 0.1) is 24.1 Å². The molecule has 0 radical (unpaired) electrons. The molecule has 0 aliphatic carbocycles. The lowest BCUT2D eigenvalue weighted by molar-refractivity contribution is -0.123. The Kier molecular flexibility index (Phi) is 5.00. The number of amides is 2. The molecule has 0 unspecified atom stereocenters. The molecule has 1 saturated heterocycles. The zero-order valence-electron chi connectivity index (χ0n) is 13.5. The summed E-state index contributed by atoms with van der Waals surface area (Å²) in [5.74, 6) is -0.731. The molecule has 0 atom stereocenters. The van der Waals surface area contributed by atoms with Crippen molar-refractivity contribution in [3.05, 3.63) is 76.2 Å². The molecular weight excluding hydrogens is 338 g/mol. The van der Waals surface area contributed by atoms with Gasteiger partial charge in [0.25, 0.3) is 11.1 Å². The Morgan fingerprint density at radius 1 is 1.08 bits per heavy atom. The lowest BCUT2D eigenvalue weighted by Crippen LogP contribution is -2.27. The first kappa shape index (κ1) is 17.0. The topological polar surface area (TPSA) is 63.7 Å². The number of nitrogens with zero attached hydrogens (tertiary/aromatic N) is 1. The minimum atomic E-state index is -0.422. The second-order valence-corrected chi connectivity index (χ2v) is 6.36. The van der Waals surface area contributed by atoms with Crippen molar-refractivity contribution in [1.29, 1.82) is 0 Å². The monoisotopic (exact) mass is 353 g/mol. The highest BCUT2D eigenvalue weighted by atomic mass is 32.2. The zero-order chi connectivity index (χ0) is 17.8. The number of carbonyl (C=O) groups excluding carboxylic acids is 3. The van der Waals surface area contributed by atoms with Crippen LogP contribution in [0.4, 0.5) is 4.79 Å². The van der Waals surface area contributed by atoms with Crippen molar-refractivity contribution in [1.82, 2.24) is 4.90 Å². The molecule has 0 N–H and O–H groups in total. The number of ether oxygens (including phenoxy) is 1. The van der Waals surface area contributed by atoms with E-state index in [4.69, 9.17) is 0 Å². The number of rotatable bonds is 4. The molecule has 6 heteroatoms. The smallest absolute Gasteiger partial charge is 0.337 e. The first-order valence-corrected chi connectivity index (χ1v) is 8.38. The molecule has 1 fully saturated rings. The molecule has 1 aliphatic heterocycles. The van der Waals surface area contributed by atoms with Crippen molar-refractivity contribution in [3.63, 3.8) is 0 Å². The fourth-order valence-corrected chi connectivity index (χ4v) is 3.23. The third kappa shape index (κ3) is 3.80. The van der Waals surface area contributed by atoms with Crippen LogP contribution in [0.15, 0.2) is 59.5 Å². The maximum atomic E-state index is 12.5. The van der Waals surface area contributed by atoms with Crippen LogP contribution in [0.25, 0.3) is 6.08 Å². The number of thioether (sulfide) groups is 1. The largest absolute Gasteiger partial charge is 0.465 e. The average molecular weight is 353 g/mol. The van der Waals surface area contributed by atoms with E-state index in [1.165, 1.54) is 12.0 Å². The molecule has 5 nitrogen and oxygen atoms in total. The van der Waals surface area contributed by atoms with Crippen LogP contribution in [-0.2, 0) is 16.1 Å². The zero-order valence-corrected chi connectivity index (χ0v) is 14.3. The molecule has 2 aromatic rings. The number of methoxy groups -OCH3 is 1. The maximum Gasteiger partial charge on any atom is 0.337 e. The Bertz CT molecular complexity index is 843. The second-order valence-electron chi connectivity index (χ2n) is 5.37. The average Bonchev–Trinajstić information content (AvgIpc) is 2.90. The first-order valence-electron chi connectivity index (χ1n) is 7.56. The van der Waals surface area contributed by atoms with Gasteiger partial charge in [0.1, 0.15) is 0 Å². The van der Waals surface area contributed by atoms with Crippen molar-refractivity contribution >= 4 is 35.0 Å². The van der Waals surface area contributed by atoms with Crippen LogP contribution in [-0.4, -0.2) is 29.1 Å². The predicted molar refractivity (Wildman–Crippen MR) is 95.7 cm³/mol. The summed E-state index contributed by atoms with van der Waals surface area (Å²) in [5, 5.41) is -0.286. The molecule has 2 aromatic carbocycles. The van der Waals surface area contributed by atoms with Gasteiger partial charge in [-0.15, -0.1) is 0 Å². The summed E-state index contributed by atoms with van der Waals surface area (Å²) in [6.07, 6.45) is 1.65. The standard InChI is InChI=1S/C19H15NO4S/c1-24-18(22)15-9-7-13(8-10-15)11-16-17(21)20(19(23)25-16)12-14-5-3-2-4-6-14/h2-11H,12H2,1H3. The van der Waals surface area contributed by atoms with Crippen molar-refractivity contribution in [2.45, 2.75) is 6.54 Å². The van der Waals surface area contributed by atoms with E-state index in [9.17, 15) is 14.4 Å². The van der Waals surface area contributed by atoms with Crippen molar-refractivity contribution in [2.24, 2.45) is 0 Å². The van der Waals surface area contributed by atoms with Crippen molar-refractivity contribution < 1.29 is 19.1 Å². The molecule has 25 heavy (non-hydrogen) atoms. The van der Waals surface area contributed by atoms with Gasteiger partial charge in [0.15, 0.2) is 0 Å². The van der Waals surface area contributed by atoms with Gasteiger partial charge in [-0.05, 0) is 41.1 Å². The van der Waals surface area contributed by atoms with Crippen LogP contribution in [0.2, 0.25) is 0 Å². The van der Waals surface area contributed by atoms with E-state index < -0.39 is 5.97 Å². The van der Waals surface area contributed by atoms with Crippen LogP contribution >= 0.6 is 11.8 Å². The Morgan fingerprint density at radius 2 is 1.76 bits per heavy atom. The van der Waals surface area contributed by atoms with Gasteiger partial charge in [-0.2, -0.15) is 0 Å². The molecule has 2 amide bonds. The molecule has 126 valence electrons. The van der Waals surface area contributed by atoms with Gasteiger partial charge >= 0.3 is 5.97 Å². The fraction of sp³-hybridized carbons (Fsp3) is 0.105. The van der Waals surface area contributed by atoms with Gasteiger partial charge in [-0.3, -0.25) is 14.5 Å². The fourth-order valence-electron chi connectivity index (χ4n) is 2.39. The SMILES string of the molecule is COC(=O)c1ccc(C=C2SC(=O)N(Cc3ccccc3)C2=O)cc1. The summed E-state index contributed by atoms with van der Waals surface area (Å²) >= 11 is 0.918. The predicted octanol–water partition coefficient (Wildman–Crippen LogP) is 3.71. The highest BCUT2D eigenvalue weighted by molar-refractivity contribution is 8.18. The minimum Gasteiger partial charge on any atom is -0.465 e. The van der Waals surface area contributed by atoms with Gasteiger partial charge in [0.2, 0.25) is 0 Å². The Morgan fingerprint density at radius 3 is 2.40 bits per heavy atom. The highest BCUT2D eigenvalue weighted by Crippen LogP contribution is 2.33. The lowest BCUT2D eigenvalue weighted by Gasteiger charge is -2.12. The van der Waals surface area contributed by atoms with E-state index in [2.05, 4.69) is 4.74 Å². The van der Waals surface area contributed by atoms with E-state index in [-0.39, 0.29) is 17.7 Å². The maximum absolute atomic E-state index is 12.5. The van der Waals surface area contributed by atoms with Crippen LogP contribution in [0, 0.1) is 0 Å². The second kappa shape index (κ2) is 7.36. The summed E-state index contributed by atoms with van der Waals surface area (Å²) in [5.41, 5.74) is 2.06. The van der Waals surface area contributed by atoms with Crippen LogP contribution in [0.3, 0.4) is 0 Å². The van der Waals surface area contributed by atoms with Gasteiger partial charge in [-0.1, -0.05) is 42.5 Å². The number of esters is 1. The summed E-state index contributed by atoms with van der Waals surface area (Å²) in [4.78, 5) is 37.7. The van der Waals surface area contributed by atoms with Gasteiger partial charge < -0.3 is 4.74 Å². The van der Waals surface area contributed by atoms with Crippen molar-refractivity contribution in [3.8, 4) is 0 Å². The van der Waals surface area contributed by atoms with Gasteiger partial charge in [-0.25, -0.2) is 4.79 Å². The summed E-state index contributed by atoms with van der Waals surface area (Å²) in [6.45, 7) is 0.254. The Hall–Kier alpha value is -2.86. The highest BCUT2D eigenvalue weighted by Gasteiger charge is 2.34. The number of carbonyl (C=O) groups is 3. The number of imide groups is 1. The minimum absolute atomic E-state index is 0.254. The molecule has 0 spiro atoms. The lowest BCUT2D eigenvalue weighted by atomic mass is 10.1. The normalized spacial score (nSPS) is 15.7. The summed E-state index contributed by atoms with van der Waals surface area (Å²) < 4.78 is 4.65. The van der Waals surface area contributed by atoms with Crippen LogP contribution in [0.5, 0.6) is 0 Å². The third-order valence-electron chi connectivity index (χ3n) is 3.69. The van der Waals surface area contributed by atoms with E-state index in [1.807, 2.05) is 30.3 Å². The van der Waals surface area contributed by atoms with Gasteiger partial charge in [0, 0.05) is 0 Å². The quantitative estimate of drug-likeness (QED) is 0.619. The van der Waals surface area contributed by atoms with Crippen LogP contribution in [0.1, 0.15) is 21.5 Å².